The van der Waals surface area contributed by atoms with E-state index in [9.17, 15) is 0 Å². The van der Waals surface area contributed by atoms with Crippen molar-refractivity contribution in [2.45, 2.75) is 20.8 Å². The van der Waals surface area contributed by atoms with Crippen LogP contribution in [0.4, 0.5) is 0 Å². The Kier molecular flexibility index (Phi) is 3.95. The number of benzene rings is 2. The first-order valence-corrected chi connectivity index (χ1v) is 9.79. The van der Waals surface area contributed by atoms with Crippen LogP contribution in [-0.2, 0) is 0 Å². The summed E-state index contributed by atoms with van der Waals surface area (Å²) in [7, 11) is 1.69. The van der Waals surface area contributed by atoms with E-state index in [4.69, 9.17) is 9.84 Å². The monoisotopic (exact) mass is 381 g/mol. The van der Waals surface area contributed by atoms with Crippen molar-refractivity contribution >= 4 is 16.3 Å². The predicted octanol–water partition coefficient (Wildman–Crippen LogP) is 5.88. The molecule has 0 aliphatic heterocycles. The van der Waals surface area contributed by atoms with Crippen LogP contribution in [0.5, 0.6) is 5.75 Å². The van der Waals surface area contributed by atoms with Gasteiger partial charge in [-0.2, -0.15) is 5.10 Å². The Bertz CT molecular complexity index is 1340. The van der Waals surface area contributed by atoms with Crippen LogP contribution in [-0.4, -0.2) is 21.3 Å². The Morgan fingerprint density at radius 3 is 2.17 bits per heavy atom. The summed E-state index contributed by atoms with van der Waals surface area (Å²) < 4.78 is 9.66. The second-order valence-corrected chi connectivity index (χ2v) is 7.46. The van der Waals surface area contributed by atoms with Gasteiger partial charge in [-0.25, -0.2) is 4.52 Å². The van der Waals surface area contributed by atoms with Crippen molar-refractivity contribution in [2.24, 2.45) is 0 Å². The molecule has 0 radical (unpaired) electrons. The number of hydrogen-bond donors (Lipinski definition) is 0. The van der Waals surface area contributed by atoms with Crippen LogP contribution in [0.1, 0.15) is 17.1 Å². The van der Waals surface area contributed by atoms with Gasteiger partial charge >= 0.3 is 0 Å². The standard InChI is InChI=1S/C25H23N3O/c1-16-24-17(2)28(21-10-12-22(29-4)13-11-21)18(3)25(24)23-14-20(15-27(23)26-16)19-8-6-5-7-9-19/h5-15H,1-4H3. The summed E-state index contributed by atoms with van der Waals surface area (Å²) in [6.45, 7) is 6.45. The molecule has 0 spiro atoms. The normalized spacial score (nSPS) is 11.4. The third-order valence-electron chi connectivity index (χ3n) is 5.76. The van der Waals surface area contributed by atoms with Gasteiger partial charge in [0.2, 0.25) is 0 Å². The molecule has 0 amide bonds. The maximum absolute atomic E-state index is 5.32. The van der Waals surface area contributed by atoms with E-state index < -0.39 is 0 Å². The molecule has 29 heavy (non-hydrogen) atoms. The summed E-state index contributed by atoms with van der Waals surface area (Å²) in [6, 6.07) is 20.9. The Labute approximate surface area is 170 Å². The second-order valence-electron chi connectivity index (χ2n) is 7.46. The lowest BCUT2D eigenvalue weighted by atomic mass is 10.1. The lowest BCUT2D eigenvalue weighted by molar-refractivity contribution is 0.414. The molecule has 0 aliphatic carbocycles. The third-order valence-corrected chi connectivity index (χ3v) is 5.76. The Hall–Kier alpha value is -3.53. The highest BCUT2D eigenvalue weighted by Gasteiger charge is 2.19. The Morgan fingerprint density at radius 1 is 0.793 bits per heavy atom. The first-order chi connectivity index (χ1) is 14.1. The Balaban J connectivity index is 1.80. The molecule has 144 valence electrons. The number of nitrogens with zero attached hydrogens (tertiary/aromatic N) is 3. The second kappa shape index (κ2) is 6.52. The molecule has 0 atom stereocenters. The minimum absolute atomic E-state index is 0.861. The van der Waals surface area contributed by atoms with Crippen molar-refractivity contribution in [1.82, 2.24) is 14.2 Å². The van der Waals surface area contributed by atoms with E-state index >= 15 is 0 Å². The van der Waals surface area contributed by atoms with E-state index in [-0.39, 0.29) is 0 Å². The molecule has 0 aliphatic rings. The van der Waals surface area contributed by atoms with Gasteiger partial charge in [-0.3, -0.25) is 0 Å². The van der Waals surface area contributed by atoms with Crippen molar-refractivity contribution in [1.29, 1.82) is 0 Å². The average molecular weight is 381 g/mol. The van der Waals surface area contributed by atoms with E-state index in [1.807, 2.05) is 22.7 Å². The molecule has 3 aromatic heterocycles. The van der Waals surface area contributed by atoms with Crippen LogP contribution in [0.3, 0.4) is 0 Å². The molecule has 0 bridgehead atoms. The highest BCUT2D eigenvalue weighted by Crippen LogP contribution is 2.35. The fourth-order valence-corrected chi connectivity index (χ4v) is 4.43. The summed E-state index contributed by atoms with van der Waals surface area (Å²) in [5, 5.41) is 7.35. The fourth-order valence-electron chi connectivity index (χ4n) is 4.43. The molecular weight excluding hydrogens is 358 g/mol. The summed E-state index contributed by atoms with van der Waals surface area (Å²) in [6.07, 6.45) is 2.12. The molecule has 0 N–H and O–H groups in total. The SMILES string of the molecule is COc1ccc(-n2c(C)c3c(C)nn4cc(-c5ccccc5)cc4c3c2C)cc1. The van der Waals surface area contributed by atoms with Crippen LogP contribution in [0.25, 0.3) is 33.1 Å². The van der Waals surface area contributed by atoms with Crippen LogP contribution in [0.2, 0.25) is 0 Å². The fraction of sp³-hybridized carbons (Fsp3) is 0.160. The van der Waals surface area contributed by atoms with Gasteiger partial charge in [0.1, 0.15) is 5.75 Å². The number of methoxy groups -OCH3 is 1. The summed E-state index contributed by atoms with van der Waals surface area (Å²) in [4.78, 5) is 0. The molecule has 2 aromatic carbocycles. The molecule has 5 rings (SSSR count). The van der Waals surface area contributed by atoms with Crippen molar-refractivity contribution in [2.75, 3.05) is 7.11 Å². The first kappa shape index (κ1) is 17.6. The summed E-state index contributed by atoms with van der Waals surface area (Å²) >= 11 is 0. The topological polar surface area (TPSA) is 31.5 Å². The van der Waals surface area contributed by atoms with Gasteiger partial charge < -0.3 is 9.30 Å². The number of aromatic nitrogens is 3. The van der Waals surface area contributed by atoms with E-state index in [0.29, 0.717) is 0 Å². The summed E-state index contributed by atoms with van der Waals surface area (Å²) in [5.41, 5.74) is 8.11. The minimum atomic E-state index is 0.861. The minimum Gasteiger partial charge on any atom is -0.497 e. The molecule has 0 saturated heterocycles. The quantitative estimate of drug-likeness (QED) is 0.391. The van der Waals surface area contributed by atoms with Crippen molar-refractivity contribution in [3.8, 4) is 22.6 Å². The molecule has 3 heterocycles. The maximum Gasteiger partial charge on any atom is 0.119 e. The maximum atomic E-state index is 5.32. The van der Waals surface area contributed by atoms with Crippen LogP contribution in [0.15, 0.2) is 66.9 Å². The lowest BCUT2D eigenvalue weighted by Crippen LogP contribution is -1.98. The van der Waals surface area contributed by atoms with Gasteiger partial charge in [0.05, 0.1) is 18.3 Å². The van der Waals surface area contributed by atoms with Gasteiger partial charge in [0, 0.05) is 39.6 Å². The number of hydrogen-bond acceptors (Lipinski definition) is 2. The van der Waals surface area contributed by atoms with E-state index in [0.717, 1.165) is 22.6 Å². The zero-order chi connectivity index (χ0) is 20.1. The van der Waals surface area contributed by atoms with Gasteiger partial charge in [0.15, 0.2) is 0 Å². The molecular formula is C25H23N3O. The van der Waals surface area contributed by atoms with E-state index in [1.165, 1.54) is 33.3 Å². The van der Waals surface area contributed by atoms with Crippen molar-refractivity contribution < 1.29 is 4.74 Å². The van der Waals surface area contributed by atoms with Crippen molar-refractivity contribution in [3.05, 3.63) is 83.9 Å². The predicted molar refractivity (Wildman–Crippen MR) is 118 cm³/mol. The highest BCUT2D eigenvalue weighted by molar-refractivity contribution is 6.02. The number of rotatable bonds is 3. The molecule has 0 saturated carbocycles. The molecule has 0 fully saturated rings. The highest BCUT2D eigenvalue weighted by atomic mass is 16.5. The summed E-state index contributed by atoms with van der Waals surface area (Å²) in [5.74, 6) is 0.861. The number of ether oxygens (including phenoxy) is 1. The molecule has 4 heteroatoms. The first-order valence-electron chi connectivity index (χ1n) is 9.79. The number of fused-ring (bicyclic) bond motifs is 3. The Morgan fingerprint density at radius 2 is 1.48 bits per heavy atom. The third kappa shape index (κ3) is 2.64. The van der Waals surface area contributed by atoms with E-state index in [2.05, 4.69) is 74.0 Å². The average Bonchev–Trinajstić information content (AvgIpc) is 3.28. The molecule has 4 nitrogen and oxygen atoms in total. The van der Waals surface area contributed by atoms with Gasteiger partial charge in [-0.05, 0) is 56.7 Å². The van der Waals surface area contributed by atoms with Gasteiger partial charge in [-0.1, -0.05) is 30.3 Å². The van der Waals surface area contributed by atoms with Gasteiger partial charge in [-0.15, -0.1) is 0 Å². The largest absolute Gasteiger partial charge is 0.497 e. The van der Waals surface area contributed by atoms with Crippen LogP contribution >= 0.6 is 0 Å². The molecule has 0 unspecified atom stereocenters. The van der Waals surface area contributed by atoms with E-state index in [1.54, 1.807) is 7.11 Å². The lowest BCUT2D eigenvalue weighted by Gasteiger charge is -2.10. The zero-order valence-corrected chi connectivity index (χ0v) is 17.1. The van der Waals surface area contributed by atoms with Crippen LogP contribution < -0.4 is 4.74 Å². The number of aryl methyl sites for hydroxylation is 3. The molecule has 5 aromatic rings. The smallest absolute Gasteiger partial charge is 0.119 e. The van der Waals surface area contributed by atoms with Crippen LogP contribution in [0, 0.1) is 20.8 Å². The zero-order valence-electron chi connectivity index (χ0n) is 17.1. The van der Waals surface area contributed by atoms with Crippen molar-refractivity contribution in [3.63, 3.8) is 0 Å². The van der Waals surface area contributed by atoms with Gasteiger partial charge in [0.25, 0.3) is 0 Å².